The van der Waals surface area contributed by atoms with Gasteiger partial charge in [0.25, 0.3) is 5.91 Å². The molecule has 3 rings (SSSR count). The summed E-state index contributed by atoms with van der Waals surface area (Å²) >= 11 is 0. The number of nitrogens with one attached hydrogen (secondary N) is 1. The molecule has 2 aromatic heterocycles. The Morgan fingerprint density at radius 1 is 1.21 bits per heavy atom. The molecule has 154 valence electrons. The number of ether oxygens (including phenoxy) is 1. The van der Waals surface area contributed by atoms with E-state index in [0.717, 1.165) is 35.5 Å². The Kier molecular flexibility index (Phi) is 6.75. The van der Waals surface area contributed by atoms with Crippen molar-refractivity contribution >= 4 is 5.91 Å². The number of hydrogen-bond donors (Lipinski definition) is 1. The van der Waals surface area contributed by atoms with Gasteiger partial charge in [0.15, 0.2) is 5.76 Å². The third-order valence-corrected chi connectivity index (χ3v) is 4.81. The van der Waals surface area contributed by atoms with Gasteiger partial charge in [0, 0.05) is 25.0 Å². The molecule has 0 aliphatic carbocycles. The summed E-state index contributed by atoms with van der Waals surface area (Å²) in [6, 6.07) is 11.7. The van der Waals surface area contributed by atoms with Crippen molar-refractivity contribution in [2.45, 2.75) is 53.2 Å². The quantitative estimate of drug-likeness (QED) is 0.537. The molecule has 0 atom stereocenters. The Morgan fingerprint density at radius 3 is 2.76 bits per heavy atom. The first-order valence-electron chi connectivity index (χ1n) is 10.0. The molecule has 1 N–H and O–H groups in total. The summed E-state index contributed by atoms with van der Waals surface area (Å²) in [5.41, 5.74) is 3.42. The fraction of sp³-hybridized carbons (Fsp3) is 0.391. The molecule has 0 radical (unpaired) electrons. The number of aryl methyl sites for hydroxylation is 3. The number of aromatic nitrogens is 2. The van der Waals surface area contributed by atoms with Gasteiger partial charge in [0.05, 0.1) is 0 Å². The number of carbonyl (C=O) groups excluding carboxylic acids is 1. The lowest BCUT2D eigenvalue weighted by Gasteiger charge is -2.14. The molecule has 6 nitrogen and oxygen atoms in total. The lowest BCUT2D eigenvalue weighted by Crippen LogP contribution is -2.25. The van der Waals surface area contributed by atoms with Crippen molar-refractivity contribution in [1.29, 1.82) is 0 Å². The number of furan rings is 1. The van der Waals surface area contributed by atoms with Gasteiger partial charge < -0.3 is 14.5 Å². The largest absolute Gasteiger partial charge is 0.485 e. The van der Waals surface area contributed by atoms with Crippen LogP contribution in [0.25, 0.3) is 0 Å². The number of carbonyl (C=O) groups is 1. The van der Waals surface area contributed by atoms with Crippen LogP contribution in [-0.4, -0.2) is 22.2 Å². The van der Waals surface area contributed by atoms with Crippen molar-refractivity contribution in [3.63, 3.8) is 0 Å². The Hall–Kier alpha value is -3.02. The Balaban J connectivity index is 1.49. The third-order valence-electron chi connectivity index (χ3n) is 4.81. The van der Waals surface area contributed by atoms with Crippen molar-refractivity contribution in [3.05, 3.63) is 70.9 Å². The maximum atomic E-state index is 12.3. The van der Waals surface area contributed by atoms with E-state index in [0.29, 0.717) is 24.0 Å². The van der Waals surface area contributed by atoms with Crippen molar-refractivity contribution in [1.82, 2.24) is 15.1 Å². The predicted molar refractivity (Wildman–Crippen MR) is 112 cm³/mol. The van der Waals surface area contributed by atoms with E-state index in [4.69, 9.17) is 9.15 Å². The highest BCUT2D eigenvalue weighted by Crippen LogP contribution is 2.28. The van der Waals surface area contributed by atoms with Crippen LogP contribution in [-0.2, 0) is 13.2 Å². The van der Waals surface area contributed by atoms with Crippen LogP contribution in [0, 0.1) is 13.8 Å². The van der Waals surface area contributed by atoms with Crippen LogP contribution in [0.5, 0.6) is 5.75 Å². The molecule has 1 aromatic carbocycles. The van der Waals surface area contributed by atoms with Gasteiger partial charge in [0.1, 0.15) is 18.1 Å². The minimum absolute atomic E-state index is 0.216. The summed E-state index contributed by atoms with van der Waals surface area (Å²) in [6.07, 6.45) is 2.58. The summed E-state index contributed by atoms with van der Waals surface area (Å²) in [5, 5.41) is 7.12. The van der Waals surface area contributed by atoms with Gasteiger partial charge in [-0.15, -0.1) is 0 Å². The zero-order valence-corrected chi connectivity index (χ0v) is 17.6. The van der Waals surface area contributed by atoms with Gasteiger partial charge in [-0.05, 0) is 61.6 Å². The van der Waals surface area contributed by atoms with Crippen LogP contribution in [0.4, 0.5) is 0 Å². The molecule has 0 fully saturated rings. The average Bonchev–Trinajstić information content (AvgIpc) is 3.32. The molecule has 0 bridgehead atoms. The van der Waals surface area contributed by atoms with E-state index < -0.39 is 0 Å². The van der Waals surface area contributed by atoms with Crippen LogP contribution in [0.15, 0.2) is 47.0 Å². The minimum Gasteiger partial charge on any atom is -0.485 e. The predicted octanol–water partition coefficient (Wildman–Crippen LogP) is 4.62. The summed E-state index contributed by atoms with van der Waals surface area (Å²) in [6.45, 7) is 9.95. The second-order valence-electron chi connectivity index (χ2n) is 7.56. The van der Waals surface area contributed by atoms with Gasteiger partial charge in [-0.25, -0.2) is 0 Å². The highest BCUT2D eigenvalue weighted by molar-refractivity contribution is 5.91. The molecule has 0 saturated carbocycles. The molecular formula is C23H29N3O3. The standard InChI is InChI=1S/C23H29N3O3/c1-16(2)20-8-6-17(3)14-22(20)28-15-19-7-9-21(29-19)23(27)24-11-5-13-26-18(4)10-12-25-26/h6-10,12,14,16H,5,11,13,15H2,1-4H3,(H,24,27). The number of amides is 1. The second kappa shape index (κ2) is 9.45. The molecule has 0 aliphatic heterocycles. The molecule has 0 unspecified atom stereocenters. The van der Waals surface area contributed by atoms with E-state index in [1.165, 1.54) is 0 Å². The smallest absolute Gasteiger partial charge is 0.286 e. The molecule has 0 saturated heterocycles. The first-order valence-corrected chi connectivity index (χ1v) is 10.0. The van der Waals surface area contributed by atoms with E-state index in [-0.39, 0.29) is 12.5 Å². The lowest BCUT2D eigenvalue weighted by molar-refractivity contribution is 0.0920. The van der Waals surface area contributed by atoms with Gasteiger partial charge >= 0.3 is 0 Å². The normalized spacial score (nSPS) is 11.1. The van der Waals surface area contributed by atoms with Gasteiger partial charge in [0.2, 0.25) is 0 Å². The van der Waals surface area contributed by atoms with Crippen LogP contribution in [0.1, 0.15) is 59.3 Å². The van der Waals surface area contributed by atoms with Crippen LogP contribution < -0.4 is 10.1 Å². The third kappa shape index (κ3) is 5.50. The maximum Gasteiger partial charge on any atom is 0.286 e. The highest BCUT2D eigenvalue weighted by atomic mass is 16.5. The summed E-state index contributed by atoms with van der Waals surface area (Å²) in [4.78, 5) is 12.3. The van der Waals surface area contributed by atoms with Gasteiger partial charge in [-0.1, -0.05) is 26.0 Å². The fourth-order valence-electron chi connectivity index (χ4n) is 3.12. The van der Waals surface area contributed by atoms with E-state index in [9.17, 15) is 4.79 Å². The Bertz CT molecular complexity index is 956. The van der Waals surface area contributed by atoms with Gasteiger partial charge in [-0.3, -0.25) is 9.48 Å². The monoisotopic (exact) mass is 395 g/mol. The first-order chi connectivity index (χ1) is 13.9. The maximum absolute atomic E-state index is 12.3. The van der Waals surface area contributed by atoms with Crippen molar-refractivity contribution < 1.29 is 13.9 Å². The number of benzene rings is 1. The molecule has 6 heteroatoms. The number of nitrogens with zero attached hydrogens (tertiary/aromatic N) is 2. The van der Waals surface area contributed by atoms with Crippen LogP contribution in [0.2, 0.25) is 0 Å². The molecule has 0 spiro atoms. The first kappa shape index (κ1) is 20.7. The van der Waals surface area contributed by atoms with Crippen molar-refractivity contribution in [3.8, 4) is 5.75 Å². The van der Waals surface area contributed by atoms with Gasteiger partial charge in [-0.2, -0.15) is 5.10 Å². The second-order valence-corrected chi connectivity index (χ2v) is 7.56. The number of rotatable bonds is 9. The van der Waals surface area contributed by atoms with Crippen molar-refractivity contribution in [2.75, 3.05) is 6.54 Å². The highest BCUT2D eigenvalue weighted by Gasteiger charge is 2.13. The molecule has 2 heterocycles. The summed E-state index contributed by atoms with van der Waals surface area (Å²) in [7, 11) is 0. The van der Waals surface area contributed by atoms with Crippen LogP contribution in [0.3, 0.4) is 0 Å². The zero-order chi connectivity index (χ0) is 20.8. The minimum atomic E-state index is -0.216. The topological polar surface area (TPSA) is 69.3 Å². The molecule has 0 aliphatic rings. The molecule has 29 heavy (non-hydrogen) atoms. The summed E-state index contributed by atoms with van der Waals surface area (Å²) < 4.78 is 13.6. The van der Waals surface area contributed by atoms with E-state index in [2.05, 4.69) is 36.4 Å². The van der Waals surface area contributed by atoms with E-state index in [1.807, 2.05) is 30.7 Å². The van der Waals surface area contributed by atoms with Crippen molar-refractivity contribution in [2.24, 2.45) is 0 Å². The zero-order valence-electron chi connectivity index (χ0n) is 17.6. The molecule has 1 amide bonds. The molecular weight excluding hydrogens is 366 g/mol. The summed E-state index contributed by atoms with van der Waals surface area (Å²) in [5.74, 6) is 1.93. The van der Waals surface area contributed by atoms with E-state index in [1.54, 1.807) is 18.3 Å². The average molecular weight is 396 g/mol. The Morgan fingerprint density at radius 2 is 2.03 bits per heavy atom. The SMILES string of the molecule is Cc1ccc(C(C)C)c(OCc2ccc(C(=O)NCCCn3nccc3C)o2)c1. The lowest BCUT2D eigenvalue weighted by atomic mass is 10.0. The molecule has 3 aromatic rings. The number of hydrogen-bond acceptors (Lipinski definition) is 4. The van der Waals surface area contributed by atoms with E-state index >= 15 is 0 Å². The fourth-order valence-corrected chi connectivity index (χ4v) is 3.12. The van der Waals surface area contributed by atoms with Crippen LogP contribution >= 0.6 is 0 Å². The Labute approximate surface area is 171 Å².